The molecule has 1 atom stereocenters. The number of amides is 1. The lowest BCUT2D eigenvalue weighted by molar-refractivity contribution is -0.121. The average Bonchev–Trinajstić information content (AvgIpc) is 2.60. The molecule has 1 amide bonds. The summed E-state index contributed by atoms with van der Waals surface area (Å²) < 4.78 is 16.2. The lowest BCUT2D eigenvalue weighted by Gasteiger charge is -2.16. The zero-order valence-corrected chi connectivity index (χ0v) is 15.2. The molecule has 5 heteroatoms. The van der Waals surface area contributed by atoms with E-state index < -0.39 is 0 Å². The van der Waals surface area contributed by atoms with E-state index in [9.17, 15) is 4.79 Å². The van der Waals surface area contributed by atoms with Crippen molar-refractivity contribution < 1.29 is 19.0 Å². The van der Waals surface area contributed by atoms with E-state index in [1.165, 1.54) is 0 Å². The van der Waals surface area contributed by atoms with Crippen molar-refractivity contribution in [3.8, 4) is 17.2 Å². The summed E-state index contributed by atoms with van der Waals surface area (Å²) in [5.41, 5.74) is 1.97. The summed E-state index contributed by atoms with van der Waals surface area (Å²) in [5, 5.41) is 2.95. The van der Waals surface area contributed by atoms with Crippen LogP contribution in [-0.4, -0.2) is 32.8 Å². The highest BCUT2D eigenvalue weighted by Crippen LogP contribution is 2.25. The molecule has 0 spiro atoms. The molecule has 2 rings (SSSR count). The van der Waals surface area contributed by atoms with Crippen LogP contribution in [0.25, 0.3) is 0 Å². The molecule has 134 valence electrons. The fraction of sp³-hybridized carbons (Fsp3) is 0.350. The van der Waals surface area contributed by atoms with E-state index in [1.807, 2.05) is 56.3 Å². The number of carbonyl (C=O) groups excluding carboxylic acids is 1. The topological polar surface area (TPSA) is 56.8 Å². The van der Waals surface area contributed by atoms with E-state index >= 15 is 0 Å². The molecule has 0 bridgehead atoms. The largest absolute Gasteiger partial charge is 0.496 e. The maximum atomic E-state index is 12.2. The van der Waals surface area contributed by atoms with Gasteiger partial charge in [0.05, 0.1) is 26.7 Å². The first-order valence-corrected chi connectivity index (χ1v) is 8.22. The molecule has 0 aliphatic carbocycles. The van der Waals surface area contributed by atoms with Gasteiger partial charge in [0.2, 0.25) is 5.91 Å². The number of ether oxygens (including phenoxy) is 3. The summed E-state index contributed by atoms with van der Waals surface area (Å²) in [6.45, 7) is 4.24. The van der Waals surface area contributed by atoms with Crippen LogP contribution in [0.1, 0.15) is 18.1 Å². The van der Waals surface area contributed by atoms with Crippen LogP contribution in [0.3, 0.4) is 0 Å². The predicted molar refractivity (Wildman–Crippen MR) is 97.5 cm³/mol. The van der Waals surface area contributed by atoms with E-state index in [4.69, 9.17) is 14.2 Å². The van der Waals surface area contributed by atoms with E-state index in [2.05, 4.69) is 5.32 Å². The van der Waals surface area contributed by atoms with Gasteiger partial charge in [-0.25, -0.2) is 0 Å². The number of para-hydroxylation sites is 2. The molecule has 0 fully saturated rings. The number of nitrogens with one attached hydrogen (secondary N) is 1. The molecule has 0 aliphatic rings. The van der Waals surface area contributed by atoms with E-state index in [1.54, 1.807) is 14.2 Å². The molecule has 0 aromatic heterocycles. The molecule has 0 saturated carbocycles. The number of aryl methyl sites for hydroxylation is 1. The van der Waals surface area contributed by atoms with Gasteiger partial charge >= 0.3 is 0 Å². The molecule has 25 heavy (non-hydrogen) atoms. The van der Waals surface area contributed by atoms with Gasteiger partial charge in [-0.1, -0.05) is 24.3 Å². The highest BCUT2D eigenvalue weighted by molar-refractivity contribution is 5.79. The highest BCUT2D eigenvalue weighted by atomic mass is 16.5. The van der Waals surface area contributed by atoms with E-state index in [0.717, 1.165) is 16.9 Å². The summed E-state index contributed by atoms with van der Waals surface area (Å²) in [6.07, 6.45) is 0.323. The standard InChI is InChI=1S/C20H25NO4/c1-14-11-16(9-10-17(14)23-3)12-20(22)21-15(2)13-25-19-8-6-5-7-18(19)24-4/h5-11,15H,12-13H2,1-4H3,(H,21,22)/t15-/m1/s1. The summed E-state index contributed by atoms with van der Waals surface area (Å²) >= 11 is 0. The van der Waals surface area contributed by atoms with Crippen LogP contribution in [0.4, 0.5) is 0 Å². The Morgan fingerprint density at radius 2 is 1.72 bits per heavy atom. The number of methoxy groups -OCH3 is 2. The minimum atomic E-state index is -0.114. The SMILES string of the molecule is COc1ccc(CC(=O)N[C@H](C)COc2ccccc2OC)cc1C. The molecule has 0 unspecified atom stereocenters. The third-order valence-electron chi connectivity index (χ3n) is 3.79. The van der Waals surface area contributed by atoms with Crippen molar-refractivity contribution in [1.82, 2.24) is 5.32 Å². The van der Waals surface area contributed by atoms with Crippen molar-refractivity contribution in [2.75, 3.05) is 20.8 Å². The molecule has 0 heterocycles. The Labute approximate surface area is 148 Å². The molecular formula is C20H25NO4. The number of hydrogen-bond donors (Lipinski definition) is 1. The van der Waals surface area contributed by atoms with Gasteiger partial charge in [-0.15, -0.1) is 0 Å². The van der Waals surface area contributed by atoms with Gasteiger partial charge in [0.1, 0.15) is 12.4 Å². The first kappa shape index (κ1) is 18.6. The van der Waals surface area contributed by atoms with Crippen molar-refractivity contribution in [3.63, 3.8) is 0 Å². The first-order chi connectivity index (χ1) is 12.0. The monoisotopic (exact) mass is 343 g/mol. The average molecular weight is 343 g/mol. The van der Waals surface area contributed by atoms with Gasteiger partial charge < -0.3 is 19.5 Å². The maximum absolute atomic E-state index is 12.2. The molecule has 0 saturated heterocycles. The maximum Gasteiger partial charge on any atom is 0.224 e. The minimum Gasteiger partial charge on any atom is -0.496 e. The smallest absolute Gasteiger partial charge is 0.224 e. The fourth-order valence-corrected chi connectivity index (χ4v) is 2.56. The summed E-state index contributed by atoms with van der Waals surface area (Å²) in [5.74, 6) is 2.12. The number of rotatable bonds is 8. The Morgan fingerprint density at radius 3 is 2.36 bits per heavy atom. The van der Waals surface area contributed by atoms with Crippen molar-refractivity contribution in [3.05, 3.63) is 53.6 Å². The van der Waals surface area contributed by atoms with Crippen LogP contribution in [-0.2, 0) is 11.2 Å². The lowest BCUT2D eigenvalue weighted by Crippen LogP contribution is -2.37. The molecule has 5 nitrogen and oxygen atoms in total. The number of hydrogen-bond acceptors (Lipinski definition) is 4. The zero-order chi connectivity index (χ0) is 18.2. The van der Waals surface area contributed by atoms with E-state index in [-0.39, 0.29) is 11.9 Å². The normalized spacial score (nSPS) is 11.5. The van der Waals surface area contributed by atoms with Gasteiger partial charge in [0, 0.05) is 0 Å². The molecule has 0 aliphatic heterocycles. The fourth-order valence-electron chi connectivity index (χ4n) is 2.56. The van der Waals surface area contributed by atoms with Crippen LogP contribution in [0.15, 0.2) is 42.5 Å². The van der Waals surface area contributed by atoms with Crippen LogP contribution in [0.5, 0.6) is 17.2 Å². The highest BCUT2D eigenvalue weighted by Gasteiger charge is 2.11. The molecule has 2 aromatic rings. The molecular weight excluding hydrogens is 318 g/mol. The number of benzene rings is 2. The summed E-state index contributed by atoms with van der Waals surface area (Å²) in [7, 11) is 3.24. The van der Waals surface area contributed by atoms with Crippen molar-refractivity contribution in [2.24, 2.45) is 0 Å². The predicted octanol–water partition coefficient (Wildman–Crippen LogP) is 3.14. The Bertz CT molecular complexity index is 715. The molecule has 1 N–H and O–H groups in total. The second-order valence-electron chi connectivity index (χ2n) is 5.91. The minimum absolute atomic E-state index is 0.0410. The van der Waals surface area contributed by atoms with Crippen LogP contribution < -0.4 is 19.5 Å². The van der Waals surface area contributed by atoms with Crippen molar-refractivity contribution in [1.29, 1.82) is 0 Å². The van der Waals surface area contributed by atoms with Crippen LogP contribution >= 0.6 is 0 Å². The third-order valence-corrected chi connectivity index (χ3v) is 3.79. The third kappa shape index (κ3) is 5.41. The quantitative estimate of drug-likeness (QED) is 0.800. The second-order valence-corrected chi connectivity index (χ2v) is 5.91. The van der Waals surface area contributed by atoms with Gasteiger partial charge in [-0.3, -0.25) is 4.79 Å². The van der Waals surface area contributed by atoms with Crippen LogP contribution in [0.2, 0.25) is 0 Å². The lowest BCUT2D eigenvalue weighted by atomic mass is 10.1. The second kappa shape index (κ2) is 8.97. The Kier molecular flexibility index (Phi) is 6.69. The number of carbonyl (C=O) groups is 1. The first-order valence-electron chi connectivity index (χ1n) is 8.22. The summed E-state index contributed by atoms with van der Waals surface area (Å²) in [6, 6.07) is 13.1. The Balaban J connectivity index is 1.84. The molecule has 0 radical (unpaired) electrons. The van der Waals surface area contributed by atoms with Crippen LogP contribution in [0, 0.1) is 6.92 Å². The van der Waals surface area contributed by atoms with Gasteiger partial charge in [0.15, 0.2) is 11.5 Å². The Morgan fingerprint density at radius 1 is 1.04 bits per heavy atom. The van der Waals surface area contributed by atoms with E-state index in [0.29, 0.717) is 24.5 Å². The zero-order valence-electron chi connectivity index (χ0n) is 15.2. The van der Waals surface area contributed by atoms with Crippen molar-refractivity contribution in [2.45, 2.75) is 26.3 Å². The molecule has 2 aromatic carbocycles. The van der Waals surface area contributed by atoms with Gasteiger partial charge in [-0.05, 0) is 43.2 Å². The van der Waals surface area contributed by atoms with Gasteiger partial charge in [-0.2, -0.15) is 0 Å². The summed E-state index contributed by atoms with van der Waals surface area (Å²) in [4.78, 5) is 12.2. The Hall–Kier alpha value is -2.69. The van der Waals surface area contributed by atoms with Crippen molar-refractivity contribution >= 4 is 5.91 Å². The van der Waals surface area contributed by atoms with Gasteiger partial charge in [0.25, 0.3) is 0 Å².